The van der Waals surface area contributed by atoms with Crippen molar-refractivity contribution in [3.63, 3.8) is 0 Å². The number of fused-ring (bicyclic) bond motifs is 4. The third-order valence-electron chi connectivity index (χ3n) is 11.3. The number of nitrogens with zero attached hydrogens (tertiary/aromatic N) is 2. The van der Waals surface area contributed by atoms with Crippen molar-refractivity contribution in [1.82, 2.24) is 4.90 Å². The fraction of sp³-hybridized carbons (Fsp3) is 0.459. The zero-order valence-electron chi connectivity index (χ0n) is 26.5. The van der Waals surface area contributed by atoms with E-state index in [9.17, 15) is 24.3 Å². The number of rotatable bonds is 6. The van der Waals surface area contributed by atoms with E-state index in [4.69, 9.17) is 9.47 Å². The van der Waals surface area contributed by atoms with Gasteiger partial charge >= 0.3 is 0 Å². The molecule has 7 rings (SSSR count). The van der Waals surface area contributed by atoms with Gasteiger partial charge in [0.25, 0.3) is 0 Å². The molecule has 46 heavy (non-hydrogen) atoms. The van der Waals surface area contributed by atoms with Crippen molar-refractivity contribution < 1.29 is 33.8 Å². The number of phenols is 1. The van der Waals surface area contributed by atoms with Crippen molar-refractivity contribution >= 4 is 35.4 Å². The lowest BCUT2D eigenvalue weighted by molar-refractivity contribution is -0.144. The molecule has 0 radical (unpaired) electrons. The molecular weight excluding hydrogens is 584 g/mol. The molecule has 4 amide bonds. The van der Waals surface area contributed by atoms with E-state index < -0.39 is 29.1 Å². The predicted octanol–water partition coefficient (Wildman–Crippen LogP) is 5.52. The van der Waals surface area contributed by atoms with Gasteiger partial charge in [-0.2, -0.15) is 0 Å². The summed E-state index contributed by atoms with van der Waals surface area (Å²) in [6.45, 7) is 1.87. The van der Waals surface area contributed by atoms with Gasteiger partial charge in [0.05, 0.1) is 43.1 Å². The standard InChI is InChI=1S/C37H40N2O7/c1-37-27(17-14-21-18-29(45-2)32(40)30(19-21)46-3)24-15-16-25-31(35(43)38(33(25)41)22-10-6-4-7-11-22)26(24)20-28(37)34(42)39(36(37)44)23-12-8-5-9-13-23/h5,8-9,12-15,17-19,22,25-28,31,40H,4,6-7,10-11,16,20H2,1-3H3. The van der Waals surface area contributed by atoms with Crippen LogP contribution in [-0.2, 0) is 19.2 Å². The van der Waals surface area contributed by atoms with E-state index in [2.05, 4.69) is 6.08 Å². The summed E-state index contributed by atoms with van der Waals surface area (Å²) in [5.41, 5.74) is 1.03. The number of carbonyl (C=O) groups excluding carboxylic acids is 4. The summed E-state index contributed by atoms with van der Waals surface area (Å²) in [7, 11) is 2.92. The van der Waals surface area contributed by atoms with E-state index in [-0.39, 0.29) is 52.8 Å². The Morgan fingerprint density at radius 1 is 0.891 bits per heavy atom. The molecule has 9 heteroatoms. The average molecular weight is 625 g/mol. The highest BCUT2D eigenvalue weighted by molar-refractivity contribution is 6.24. The quantitative estimate of drug-likeness (QED) is 0.333. The van der Waals surface area contributed by atoms with E-state index in [0.717, 1.165) is 37.7 Å². The molecule has 3 aliphatic carbocycles. The minimum atomic E-state index is -1.11. The van der Waals surface area contributed by atoms with Crippen molar-refractivity contribution in [3.05, 3.63) is 65.8 Å². The van der Waals surface area contributed by atoms with Gasteiger partial charge in [0.15, 0.2) is 11.5 Å². The van der Waals surface area contributed by atoms with Crippen LogP contribution in [-0.4, -0.2) is 53.9 Å². The monoisotopic (exact) mass is 624 g/mol. The number of hydrogen-bond donors (Lipinski definition) is 1. The molecule has 6 unspecified atom stereocenters. The third-order valence-corrected chi connectivity index (χ3v) is 11.3. The smallest absolute Gasteiger partial charge is 0.241 e. The Hall–Kier alpha value is -4.40. The molecule has 2 saturated carbocycles. The van der Waals surface area contributed by atoms with E-state index in [1.54, 1.807) is 41.3 Å². The highest BCUT2D eigenvalue weighted by Gasteiger charge is 2.67. The highest BCUT2D eigenvalue weighted by atomic mass is 16.5. The zero-order chi connectivity index (χ0) is 32.3. The Morgan fingerprint density at radius 2 is 1.57 bits per heavy atom. The average Bonchev–Trinajstić information content (AvgIpc) is 3.44. The Morgan fingerprint density at radius 3 is 2.22 bits per heavy atom. The van der Waals surface area contributed by atoms with Gasteiger partial charge in [0, 0.05) is 12.0 Å². The molecule has 0 spiro atoms. The molecule has 2 aromatic carbocycles. The number of carbonyl (C=O) groups is 4. The van der Waals surface area contributed by atoms with Gasteiger partial charge in [-0.15, -0.1) is 0 Å². The van der Waals surface area contributed by atoms with Crippen molar-refractivity contribution in [2.45, 2.75) is 57.9 Å². The number of benzene rings is 2. The maximum absolute atomic E-state index is 14.5. The topological polar surface area (TPSA) is 113 Å². The number of para-hydroxylation sites is 1. The lowest BCUT2D eigenvalue weighted by Crippen LogP contribution is -2.49. The first-order valence-corrected chi connectivity index (χ1v) is 16.3. The summed E-state index contributed by atoms with van der Waals surface area (Å²) in [6.07, 6.45) is 11.4. The first kappa shape index (κ1) is 30.3. The van der Waals surface area contributed by atoms with Crippen molar-refractivity contribution in [2.24, 2.45) is 35.0 Å². The molecule has 2 saturated heterocycles. The number of allylic oxidation sites excluding steroid dienone is 3. The molecule has 4 fully saturated rings. The van der Waals surface area contributed by atoms with E-state index in [0.29, 0.717) is 24.1 Å². The second-order valence-corrected chi connectivity index (χ2v) is 13.5. The number of amides is 4. The SMILES string of the molecule is COc1cc(C=CC2C3=CCC4C(=O)N(C5CCCCC5)C(=O)C4C3CC3C(=O)N(c4ccccc4)C(=O)C23C)cc(OC)c1O. The molecule has 9 nitrogen and oxygen atoms in total. The van der Waals surface area contributed by atoms with Gasteiger partial charge in [-0.1, -0.05) is 61.3 Å². The zero-order valence-corrected chi connectivity index (χ0v) is 26.5. The number of imide groups is 2. The summed E-state index contributed by atoms with van der Waals surface area (Å²) in [4.78, 5) is 59.6. The van der Waals surface area contributed by atoms with Gasteiger partial charge in [0.2, 0.25) is 29.4 Å². The van der Waals surface area contributed by atoms with Gasteiger partial charge in [-0.25, -0.2) is 4.90 Å². The van der Waals surface area contributed by atoms with Crippen LogP contribution in [0.4, 0.5) is 5.69 Å². The normalized spacial score (nSPS) is 31.2. The van der Waals surface area contributed by atoms with E-state index >= 15 is 0 Å². The van der Waals surface area contributed by atoms with Crippen LogP contribution in [0.5, 0.6) is 17.2 Å². The van der Waals surface area contributed by atoms with Crippen LogP contribution >= 0.6 is 0 Å². The highest BCUT2D eigenvalue weighted by Crippen LogP contribution is 2.61. The molecule has 2 aromatic rings. The van der Waals surface area contributed by atoms with Crippen LogP contribution < -0.4 is 14.4 Å². The molecule has 240 valence electrons. The fourth-order valence-electron chi connectivity index (χ4n) is 8.98. The molecule has 2 aliphatic heterocycles. The Kier molecular flexibility index (Phi) is 7.53. The predicted molar refractivity (Wildman–Crippen MR) is 171 cm³/mol. The van der Waals surface area contributed by atoms with Gasteiger partial charge < -0.3 is 14.6 Å². The van der Waals surface area contributed by atoms with Crippen LogP contribution in [0.15, 0.2) is 60.2 Å². The number of anilines is 1. The minimum Gasteiger partial charge on any atom is -0.502 e. The molecule has 1 N–H and O–H groups in total. The number of phenolic OH excluding ortho intramolecular Hbond substituents is 1. The lowest BCUT2D eigenvalue weighted by atomic mass is 9.52. The van der Waals surface area contributed by atoms with Crippen LogP contribution in [0.2, 0.25) is 0 Å². The lowest BCUT2D eigenvalue weighted by Gasteiger charge is -2.48. The van der Waals surface area contributed by atoms with E-state index in [1.807, 2.05) is 25.1 Å². The number of likely N-dealkylation sites (tertiary alicyclic amines) is 1. The van der Waals surface area contributed by atoms with Crippen LogP contribution in [0.1, 0.15) is 57.4 Å². The second kappa shape index (κ2) is 11.4. The molecule has 5 aliphatic rings. The Balaban J connectivity index is 1.32. The largest absolute Gasteiger partial charge is 0.502 e. The first-order valence-electron chi connectivity index (χ1n) is 16.3. The first-order chi connectivity index (χ1) is 22.2. The van der Waals surface area contributed by atoms with Gasteiger partial charge in [-0.05, 0) is 68.4 Å². The summed E-state index contributed by atoms with van der Waals surface area (Å²) < 4.78 is 10.7. The second-order valence-electron chi connectivity index (χ2n) is 13.5. The molecule has 0 bridgehead atoms. The van der Waals surface area contributed by atoms with Crippen molar-refractivity contribution in [2.75, 3.05) is 19.1 Å². The van der Waals surface area contributed by atoms with Crippen LogP contribution in [0, 0.1) is 35.0 Å². The third kappa shape index (κ3) is 4.42. The minimum absolute atomic E-state index is 0.0601. The molecular formula is C37H40N2O7. The van der Waals surface area contributed by atoms with Gasteiger partial charge in [-0.3, -0.25) is 24.1 Å². The summed E-state index contributed by atoms with van der Waals surface area (Å²) in [5.74, 6) is -2.90. The number of aromatic hydroxyl groups is 1. The van der Waals surface area contributed by atoms with Gasteiger partial charge in [0.1, 0.15) is 0 Å². The molecule has 0 aromatic heterocycles. The number of hydrogen-bond acceptors (Lipinski definition) is 7. The molecule has 2 heterocycles. The van der Waals surface area contributed by atoms with Crippen LogP contribution in [0.25, 0.3) is 6.08 Å². The molecule has 6 atom stereocenters. The number of methoxy groups -OCH3 is 2. The maximum atomic E-state index is 14.5. The number of ether oxygens (including phenoxy) is 2. The van der Waals surface area contributed by atoms with Crippen molar-refractivity contribution in [3.8, 4) is 17.2 Å². The summed E-state index contributed by atoms with van der Waals surface area (Å²) in [6, 6.07) is 12.3. The van der Waals surface area contributed by atoms with E-state index in [1.165, 1.54) is 19.1 Å². The Bertz CT molecular complexity index is 1630. The Labute approximate surface area is 268 Å². The van der Waals surface area contributed by atoms with Crippen molar-refractivity contribution in [1.29, 1.82) is 0 Å². The fourth-order valence-corrected chi connectivity index (χ4v) is 8.98. The van der Waals surface area contributed by atoms with Crippen LogP contribution in [0.3, 0.4) is 0 Å². The maximum Gasteiger partial charge on any atom is 0.241 e. The summed E-state index contributed by atoms with van der Waals surface area (Å²) >= 11 is 0. The summed E-state index contributed by atoms with van der Waals surface area (Å²) in [5, 5.41) is 10.5.